The van der Waals surface area contributed by atoms with Gasteiger partial charge in [0.25, 0.3) is 0 Å². The second-order valence-corrected chi connectivity index (χ2v) is 5.81. The molecule has 0 atom stereocenters. The molecule has 0 aliphatic heterocycles. The number of benzene rings is 1. The highest BCUT2D eigenvalue weighted by molar-refractivity contribution is 8.00. The molecular weight excluding hydrogens is 222 g/mol. The van der Waals surface area contributed by atoms with Crippen molar-refractivity contribution in [3.8, 4) is 0 Å². The van der Waals surface area contributed by atoms with Gasteiger partial charge in [-0.1, -0.05) is 19.1 Å². The van der Waals surface area contributed by atoms with Crippen LogP contribution in [0.3, 0.4) is 0 Å². The van der Waals surface area contributed by atoms with Crippen LogP contribution >= 0.6 is 23.5 Å². The van der Waals surface area contributed by atoms with Crippen LogP contribution in [-0.4, -0.2) is 17.3 Å². The largest absolute Gasteiger partial charge is 0.326 e. The first-order chi connectivity index (χ1) is 7.36. The third-order valence-corrected chi connectivity index (χ3v) is 4.15. The minimum Gasteiger partial charge on any atom is -0.326 e. The number of thioether (sulfide) groups is 2. The molecule has 0 bridgehead atoms. The quantitative estimate of drug-likeness (QED) is 0.585. The smallest absolute Gasteiger partial charge is 0.0178 e. The predicted molar refractivity (Wildman–Crippen MR) is 72.7 cm³/mol. The third kappa shape index (κ3) is 5.50. The number of hydrogen-bond acceptors (Lipinski definition) is 3. The van der Waals surface area contributed by atoms with Gasteiger partial charge in [-0.25, -0.2) is 0 Å². The van der Waals surface area contributed by atoms with Gasteiger partial charge in [0.1, 0.15) is 0 Å². The number of nitrogens with two attached hydrogens (primary N) is 1. The van der Waals surface area contributed by atoms with E-state index in [1.54, 1.807) is 0 Å². The summed E-state index contributed by atoms with van der Waals surface area (Å²) in [5.41, 5.74) is 6.75. The molecule has 0 amide bonds. The molecule has 0 aliphatic rings. The van der Waals surface area contributed by atoms with Gasteiger partial charge < -0.3 is 5.73 Å². The molecule has 0 aromatic heterocycles. The molecule has 0 saturated heterocycles. The maximum absolute atomic E-state index is 5.55. The zero-order valence-corrected chi connectivity index (χ0v) is 10.9. The van der Waals surface area contributed by atoms with Crippen molar-refractivity contribution in [3.05, 3.63) is 29.8 Å². The second-order valence-electron chi connectivity index (χ2n) is 3.25. The van der Waals surface area contributed by atoms with Gasteiger partial charge >= 0.3 is 0 Å². The van der Waals surface area contributed by atoms with Crippen LogP contribution in [0.15, 0.2) is 29.2 Å². The van der Waals surface area contributed by atoms with Crippen molar-refractivity contribution in [3.63, 3.8) is 0 Å². The average Bonchev–Trinajstić information content (AvgIpc) is 2.30. The summed E-state index contributed by atoms with van der Waals surface area (Å²) < 4.78 is 0. The fraction of sp³-hybridized carbons (Fsp3) is 0.500. The molecular formula is C12H19NS2. The van der Waals surface area contributed by atoms with E-state index in [0.29, 0.717) is 6.54 Å². The summed E-state index contributed by atoms with van der Waals surface area (Å²) in [5.74, 6) is 3.73. The van der Waals surface area contributed by atoms with Crippen molar-refractivity contribution in [2.45, 2.75) is 24.8 Å². The Morgan fingerprint density at radius 3 is 2.47 bits per heavy atom. The summed E-state index contributed by atoms with van der Waals surface area (Å²) in [6.07, 6.45) is 1.29. The summed E-state index contributed by atoms with van der Waals surface area (Å²) in [4.78, 5) is 1.36. The van der Waals surface area contributed by atoms with E-state index in [2.05, 4.69) is 31.2 Å². The summed E-state index contributed by atoms with van der Waals surface area (Å²) in [6, 6.07) is 8.56. The Morgan fingerprint density at radius 2 is 1.87 bits per heavy atom. The van der Waals surface area contributed by atoms with Gasteiger partial charge in [-0.15, -0.1) is 11.8 Å². The van der Waals surface area contributed by atoms with E-state index in [-0.39, 0.29) is 0 Å². The van der Waals surface area contributed by atoms with E-state index in [4.69, 9.17) is 5.73 Å². The zero-order valence-electron chi connectivity index (χ0n) is 9.24. The van der Waals surface area contributed by atoms with E-state index < -0.39 is 0 Å². The molecule has 1 aromatic carbocycles. The van der Waals surface area contributed by atoms with Gasteiger partial charge in [-0.2, -0.15) is 11.8 Å². The second kappa shape index (κ2) is 8.08. The van der Waals surface area contributed by atoms with Crippen molar-refractivity contribution in [2.75, 3.05) is 17.3 Å². The van der Waals surface area contributed by atoms with Crippen molar-refractivity contribution >= 4 is 23.5 Å². The minimum atomic E-state index is 0.637. The maximum atomic E-state index is 5.55. The first-order valence-corrected chi connectivity index (χ1v) is 7.50. The zero-order chi connectivity index (χ0) is 10.9. The first-order valence-electron chi connectivity index (χ1n) is 5.36. The van der Waals surface area contributed by atoms with Crippen LogP contribution in [0.2, 0.25) is 0 Å². The van der Waals surface area contributed by atoms with Crippen LogP contribution in [0, 0.1) is 0 Å². The Morgan fingerprint density at radius 1 is 1.13 bits per heavy atom. The van der Waals surface area contributed by atoms with E-state index in [0.717, 1.165) is 0 Å². The van der Waals surface area contributed by atoms with Crippen molar-refractivity contribution in [2.24, 2.45) is 5.73 Å². The lowest BCUT2D eigenvalue weighted by molar-refractivity contribution is 1.06. The van der Waals surface area contributed by atoms with Crippen LogP contribution in [0.1, 0.15) is 18.9 Å². The van der Waals surface area contributed by atoms with Gasteiger partial charge in [-0.3, -0.25) is 0 Å². The molecule has 2 N–H and O–H groups in total. The maximum Gasteiger partial charge on any atom is 0.0178 e. The van der Waals surface area contributed by atoms with Crippen LogP contribution in [0.4, 0.5) is 0 Å². The van der Waals surface area contributed by atoms with Crippen molar-refractivity contribution < 1.29 is 0 Å². The highest BCUT2D eigenvalue weighted by Gasteiger charge is 1.94. The Balaban J connectivity index is 2.20. The molecule has 0 unspecified atom stereocenters. The monoisotopic (exact) mass is 241 g/mol. The van der Waals surface area contributed by atoms with Gasteiger partial charge in [0.15, 0.2) is 0 Å². The molecule has 0 radical (unpaired) electrons. The summed E-state index contributed by atoms with van der Waals surface area (Å²) in [6.45, 7) is 2.85. The molecule has 0 aliphatic carbocycles. The molecule has 1 nitrogen and oxygen atoms in total. The molecule has 0 spiro atoms. The van der Waals surface area contributed by atoms with E-state index in [1.165, 1.54) is 34.1 Å². The fourth-order valence-corrected chi connectivity index (χ4v) is 2.89. The van der Waals surface area contributed by atoms with Crippen LogP contribution in [0.25, 0.3) is 0 Å². The van der Waals surface area contributed by atoms with Gasteiger partial charge in [-0.05, 0) is 41.4 Å². The lowest BCUT2D eigenvalue weighted by atomic mass is 10.2. The van der Waals surface area contributed by atoms with E-state index in [9.17, 15) is 0 Å². The molecule has 1 aromatic rings. The Labute approximate surface area is 101 Å². The average molecular weight is 241 g/mol. The topological polar surface area (TPSA) is 26.0 Å². The SMILES string of the molecule is CCSCCCSc1ccc(CN)cc1. The van der Waals surface area contributed by atoms with Crippen molar-refractivity contribution in [1.82, 2.24) is 0 Å². The molecule has 1 rings (SSSR count). The summed E-state index contributed by atoms with van der Waals surface area (Å²) in [7, 11) is 0. The highest BCUT2D eigenvalue weighted by Crippen LogP contribution is 2.19. The first kappa shape index (κ1) is 12.9. The Hall–Kier alpha value is -0.120. The lowest BCUT2D eigenvalue weighted by Gasteiger charge is -2.02. The Bertz CT molecular complexity index is 259. The van der Waals surface area contributed by atoms with Crippen LogP contribution < -0.4 is 5.73 Å². The van der Waals surface area contributed by atoms with E-state index >= 15 is 0 Å². The highest BCUT2D eigenvalue weighted by atomic mass is 32.2. The molecule has 0 fully saturated rings. The normalized spacial score (nSPS) is 10.5. The van der Waals surface area contributed by atoms with E-state index in [1.807, 2.05) is 23.5 Å². The summed E-state index contributed by atoms with van der Waals surface area (Å²) >= 11 is 3.96. The van der Waals surface area contributed by atoms with Crippen molar-refractivity contribution in [1.29, 1.82) is 0 Å². The van der Waals surface area contributed by atoms with Gasteiger partial charge in [0.05, 0.1) is 0 Å². The molecule has 15 heavy (non-hydrogen) atoms. The van der Waals surface area contributed by atoms with Gasteiger partial charge in [0, 0.05) is 11.4 Å². The minimum absolute atomic E-state index is 0.637. The Kier molecular flexibility index (Phi) is 6.98. The standard InChI is InChI=1S/C12H19NS2/c1-2-14-8-3-9-15-12-6-4-11(10-13)5-7-12/h4-7H,2-3,8-10,13H2,1H3. The predicted octanol–water partition coefficient (Wildman–Crippen LogP) is 3.38. The fourth-order valence-electron chi connectivity index (χ4n) is 1.22. The number of rotatable bonds is 7. The van der Waals surface area contributed by atoms with Crippen LogP contribution in [0.5, 0.6) is 0 Å². The summed E-state index contributed by atoms with van der Waals surface area (Å²) in [5, 5.41) is 0. The lowest BCUT2D eigenvalue weighted by Crippen LogP contribution is -1.95. The number of hydrogen-bond donors (Lipinski definition) is 1. The van der Waals surface area contributed by atoms with Crippen LogP contribution in [-0.2, 0) is 6.54 Å². The molecule has 84 valence electrons. The molecule has 0 heterocycles. The third-order valence-electron chi connectivity index (χ3n) is 2.06. The molecule has 0 saturated carbocycles. The molecule has 3 heteroatoms. The van der Waals surface area contributed by atoms with Gasteiger partial charge in [0.2, 0.25) is 0 Å².